The summed E-state index contributed by atoms with van der Waals surface area (Å²) in [7, 11) is 0. The van der Waals surface area contributed by atoms with Crippen molar-refractivity contribution in [3.05, 3.63) is 93.4 Å². The molecule has 1 N–H and O–H groups in total. The van der Waals surface area contributed by atoms with Gasteiger partial charge in [-0.3, -0.25) is 14.6 Å². The second-order valence-electron chi connectivity index (χ2n) is 13.7. The summed E-state index contributed by atoms with van der Waals surface area (Å²) in [5, 5.41) is 5.28. The van der Waals surface area contributed by atoms with Crippen molar-refractivity contribution in [1.82, 2.24) is 0 Å². The van der Waals surface area contributed by atoms with Crippen LogP contribution in [0.3, 0.4) is 0 Å². The Bertz CT molecular complexity index is 2030. The highest BCUT2D eigenvalue weighted by atomic mass is 16.5. The fraction of sp³-hybridized carbons (Fsp3) is 0.409. The molecule has 1 aliphatic heterocycles. The lowest BCUT2D eigenvalue weighted by atomic mass is 9.88. The first-order valence-electron chi connectivity index (χ1n) is 18.6. The Balaban J connectivity index is 1.20. The van der Waals surface area contributed by atoms with E-state index in [1.807, 2.05) is 37.3 Å². The lowest BCUT2D eigenvalue weighted by molar-refractivity contribution is -0.116. The molecule has 0 amide bonds. The van der Waals surface area contributed by atoms with Crippen LogP contribution in [-0.4, -0.2) is 37.2 Å². The summed E-state index contributed by atoms with van der Waals surface area (Å²) >= 11 is 0. The fourth-order valence-electron chi connectivity index (χ4n) is 6.91. The van der Waals surface area contributed by atoms with E-state index in [4.69, 9.17) is 9.15 Å². The number of rotatable bonds is 16. The van der Waals surface area contributed by atoms with Crippen molar-refractivity contribution in [2.24, 2.45) is 4.99 Å². The Morgan fingerprint density at radius 3 is 2.24 bits per heavy atom. The van der Waals surface area contributed by atoms with Crippen LogP contribution in [0.15, 0.2) is 80.7 Å². The second-order valence-corrected chi connectivity index (χ2v) is 13.7. The van der Waals surface area contributed by atoms with E-state index in [2.05, 4.69) is 49.3 Å². The minimum absolute atomic E-state index is 0.0238. The summed E-state index contributed by atoms with van der Waals surface area (Å²) in [6, 6.07) is 16.0. The van der Waals surface area contributed by atoms with Gasteiger partial charge >= 0.3 is 5.97 Å². The van der Waals surface area contributed by atoms with Crippen molar-refractivity contribution in [2.75, 3.05) is 25.0 Å². The number of aryl methyl sites for hydroxylation is 2. The Kier molecular flexibility index (Phi) is 12.8. The molecule has 0 unspecified atom stereocenters. The number of carbonyl (C=O) groups excluding carboxylic acids is 3. The Morgan fingerprint density at radius 1 is 0.804 bits per heavy atom. The summed E-state index contributed by atoms with van der Waals surface area (Å²) in [5.74, 6) is 0.391. The zero-order valence-corrected chi connectivity index (χ0v) is 31.2. The number of fused-ring (bicyclic) bond motifs is 2. The molecule has 0 bridgehead atoms. The molecule has 7 nitrogen and oxygen atoms in total. The number of esters is 1. The van der Waals surface area contributed by atoms with Gasteiger partial charge in [-0.15, -0.1) is 0 Å². The molecule has 1 heterocycles. The number of carbonyl (C=O) groups is 3. The number of hydrogen-bond donors (Lipinski definition) is 1. The third-order valence-electron chi connectivity index (χ3n) is 9.94. The number of ether oxygens (including phenoxy) is 1. The molecule has 268 valence electrons. The van der Waals surface area contributed by atoms with Crippen LogP contribution in [0.5, 0.6) is 0 Å². The third kappa shape index (κ3) is 8.76. The van der Waals surface area contributed by atoms with E-state index in [1.54, 1.807) is 13.8 Å². The van der Waals surface area contributed by atoms with Gasteiger partial charge in [-0.05, 0) is 102 Å². The highest BCUT2D eigenvalue weighted by molar-refractivity contribution is 6.22. The zero-order chi connectivity index (χ0) is 36.5. The summed E-state index contributed by atoms with van der Waals surface area (Å²) in [6.45, 7) is 13.6. The lowest BCUT2D eigenvalue weighted by Crippen LogP contribution is -2.16. The number of unbranched alkanes of at least 4 members (excludes halogenated alkanes) is 7. The van der Waals surface area contributed by atoms with E-state index >= 15 is 0 Å². The highest BCUT2D eigenvalue weighted by Crippen LogP contribution is 2.43. The SMILES string of the molecule is CC/N=c1\cc2oc3cc(NCC)c(C)cc3c(-c3ccccc3C(=O)OCCCCCCCCCCC3=CC(=O)C(C)=C(C)C3=O)c-2cc1C. The van der Waals surface area contributed by atoms with E-state index in [9.17, 15) is 14.4 Å². The number of hydrogen-bond acceptors (Lipinski definition) is 7. The van der Waals surface area contributed by atoms with Crippen molar-refractivity contribution in [2.45, 2.75) is 99.3 Å². The fourth-order valence-corrected chi connectivity index (χ4v) is 6.91. The lowest BCUT2D eigenvalue weighted by Gasteiger charge is -2.20. The smallest absolute Gasteiger partial charge is 0.338 e. The van der Waals surface area contributed by atoms with Gasteiger partial charge in [0.1, 0.15) is 11.3 Å². The van der Waals surface area contributed by atoms with E-state index in [-0.39, 0.29) is 17.5 Å². The van der Waals surface area contributed by atoms with Gasteiger partial charge in [-0.2, -0.15) is 0 Å². The Hall–Kier alpha value is -4.78. The molecule has 0 saturated heterocycles. The standard InChI is InChI=1S/C44H52N2O5/c1-7-45-37-26-40-35(23-28(37)3)42(36-24-29(4)38(46-8-2)27-41(36)51-40)33-20-16-17-21-34(33)44(49)50-22-18-14-12-10-9-11-13-15-19-32-25-39(47)30(5)31(6)43(32)48/h16-17,20-21,23-27,45H,7-15,18-19,22H2,1-6H3/b46-38+. The normalized spacial score (nSPS) is 13.8. The van der Waals surface area contributed by atoms with E-state index in [0.29, 0.717) is 41.9 Å². The molecule has 51 heavy (non-hydrogen) atoms. The van der Waals surface area contributed by atoms with Gasteiger partial charge in [-0.1, -0.05) is 56.7 Å². The van der Waals surface area contributed by atoms with Gasteiger partial charge in [0.25, 0.3) is 0 Å². The molecule has 3 aliphatic rings. The van der Waals surface area contributed by atoms with Crippen LogP contribution in [0.4, 0.5) is 5.69 Å². The van der Waals surface area contributed by atoms with Crippen LogP contribution in [0.25, 0.3) is 33.4 Å². The van der Waals surface area contributed by atoms with Crippen LogP contribution in [0.1, 0.15) is 107 Å². The summed E-state index contributed by atoms with van der Waals surface area (Å²) in [5.41, 5.74) is 8.96. The first kappa shape index (κ1) is 37.5. The van der Waals surface area contributed by atoms with Gasteiger partial charge in [0.2, 0.25) is 0 Å². The second kappa shape index (κ2) is 17.4. The Morgan fingerprint density at radius 2 is 1.51 bits per heavy atom. The Labute approximate surface area is 302 Å². The molecular weight excluding hydrogens is 636 g/mol. The number of anilines is 1. The molecule has 0 saturated carbocycles. The van der Waals surface area contributed by atoms with Crippen molar-refractivity contribution in [1.29, 1.82) is 0 Å². The first-order valence-corrected chi connectivity index (χ1v) is 18.6. The molecule has 7 heteroatoms. The third-order valence-corrected chi connectivity index (χ3v) is 9.94. The van der Waals surface area contributed by atoms with Gasteiger partial charge < -0.3 is 14.5 Å². The maximum absolute atomic E-state index is 13.6. The monoisotopic (exact) mass is 688 g/mol. The van der Waals surface area contributed by atoms with E-state index in [0.717, 1.165) is 114 Å². The number of Topliss-reactive ketones (excluding diaryl/α,β-unsaturated/α-hetero) is 1. The van der Waals surface area contributed by atoms with Crippen LogP contribution in [-0.2, 0) is 14.3 Å². The van der Waals surface area contributed by atoms with Crippen molar-refractivity contribution in [3.8, 4) is 22.5 Å². The predicted octanol–water partition coefficient (Wildman–Crippen LogP) is 10.3. The van der Waals surface area contributed by atoms with E-state index < -0.39 is 0 Å². The molecule has 2 aromatic carbocycles. The first-order chi connectivity index (χ1) is 24.6. The molecule has 2 aromatic rings. The van der Waals surface area contributed by atoms with Crippen LogP contribution in [0.2, 0.25) is 0 Å². The molecule has 0 radical (unpaired) electrons. The van der Waals surface area contributed by atoms with Crippen LogP contribution in [0, 0.1) is 13.8 Å². The molecule has 0 aromatic heterocycles. The van der Waals surface area contributed by atoms with Crippen molar-refractivity contribution in [3.63, 3.8) is 0 Å². The van der Waals surface area contributed by atoms with Gasteiger partial charge in [0.05, 0.1) is 17.5 Å². The topological polar surface area (TPSA) is 98.0 Å². The molecule has 2 aliphatic carbocycles. The quantitative estimate of drug-likeness (QED) is 0.0545. The van der Waals surface area contributed by atoms with E-state index in [1.165, 1.54) is 6.08 Å². The van der Waals surface area contributed by atoms with Crippen LogP contribution >= 0.6 is 0 Å². The summed E-state index contributed by atoms with van der Waals surface area (Å²) in [6.07, 6.45) is 10.4. The molecular formula is C44H52N2O5. The minimum Gasteiger partial charge on any atom is -0.462 e. The number of benzene rings is 3. The number of nitrogens with one attached hydrogen (secondary N) is 1. The largest absolute Gasteiger partial charge is 0.462 e. The molecule has 0 spiro atoms. The van der Waals surface area contributed by atoms with Gasteiger partial charge in [0.15, 0.2) is 11.6 Å². The number of allylic oxidation sites excluding steroid dienone is 4. The number of nitrogens with zero attached hydrogens (tertiary/aromatic N) is 1. The average Bonchev–Trinajstić information content (AvgIpc) is 3.12. The number of ketones is 2. The average molecular weight is 689 g/mol. The molecule has 0 atom stereocenters. The minimum atomic E-state index is -0.322. The van der Waals surface area contributed by atoms with Crippen molar-refractivity contribution >= 4 is 34.2 Å². The predicted molar refractivity (Wildman–Crippen MR) is 206 cm³/mol. The van der Waals surface area contributed by atoms with Gasteiger partial charge in [-0.25, -0.2) is 4.79 Å². The summed E-state index contributed by atoms with van der Waals surface area (Å²) < 4.78 is 12.4. The zero-order valence-electron chi connectivity index (χ0n) is 31.2. The van der Waals surface area contributed by atoms with Gasteiger partial charge in [0, 0.05) is 64.1 Å². The maximum Gasteiger partial charge on any atom is 0.338 e. The van der Waals surface area contributed by atoms with Crippen molar-refractivity contribution < 1.29 is 23.5 Å². The molecule has 5 rings (SSSR count). The highest BCUT2D eigenvalue weighted by Gasteiger charge is 2.24. The maximum atomic E-state index is 13.6. The molecule has 0 fully saturated rings. The van der Waals surface area contributed by atoms with Crippen LogP contribution < -0.4 is 10.7 Å². The summed E-state index contributed by atoms with van der Waals surface area (Å²) in [4.78, 5) is 42.8.